The van der Waals surface area contributed by atoms with Crippen molar-refractivity contribution in [2.45, 2.75) is 19.9 Å². The minimum atomic E-state index is -0.751. The Morgan fingerprint density at radius 1 is 0.933 bits per heavy atom. The molecule has 158 valence electrons. The molecule has 1 heterocycles. The van der Waals surface area contributed by atoms with Gasteiger partial charge in [-0.2, -0.15) is 0 Å². The normalized spacial score (nSPS) is 15.8. The van der Waals surface area contributed by atoms with E-state index < -0.39 is 12.1 Å². The van der Waals surface area contributed by atoms with E-state index in [-0.39, 0.29) is 5.91 Å². The van der Waals surface area contributed by atoms with Gasteiger partial charge in [0.25, 0.3) is 5.91 Å². The van der Waals surface area contributed by atoms with Crippen molar-refractivity contribution in [3.05, 3.63) is 58.8 Å². The highest BCUT2D eigenvalue weighted by Gasteiger charge is 2.34. The SMILES string of the molecule is COc1cc(OC)c([C@@H]2NC(=O)NC(C)=C2C(=O)Nc2ccc(C)cc2)cc1OC. The minimum Gasteiger partial charge on any atom is -0.496 e. The number of hydrogen-bond donors (Lipinski definition) is 3. The number of anilines is 1. The van der Waals surface area contributed by atoms with Crippen molar-refractivity contribution in [1.82, 2.24) is 10.6 Å². The molecule has 0 unspecified atom stereocenters. The monoisotopic (exact) mass is 411 g/mol. The maximum atomic E-state index is 13.2. The van der Waals surface area contributed by atoms with E-state index in [1.165, 1.54) is 21.3 Å². The third kappa shape index (κ3) is 4.17. The fraction of sp³-hybridized carbons (Fsp3) is 0.273. The number of allylic oxidation sites excluding steroid dienone is 1. The summed E-state index contributed by atoms with van der Waals surface area (Å²) in [6.45, 7) is 3.65. The number of amides is 3. The number of methoxy groups -OCH3 is 3. The molecule has 0 aromatic heterocycles. The number of nitrogens with one attached hydrogen (secondary N) is 3. The Hall–Kier alpha value is -3.68. The van der Waals surface area contributed by atoms with Crippen molar-refractivity contribution in [1.29, 1.82) is 0 Å². The lowest BCUT2D eigenvalue weighted by atomic mass is 9.93. The Morgan fingerprint density at radius 2 is 1.53 bits per heavy atom. The highest BCUT2D eigenvalue weighted by Crippen LogP contribution is 2.40. The van der Waals surface area contributed by atoms with E-state index in [4.69, 9.17) is 14.2 Å². The molecule has 2 aromatic carbocycles. The molecule has 8 heteroatoms. The molecule has 0 saturated heterocycles. The zero-order valence-corrected chi connectivity index (χ0v) is 17.6. The van der Waals surface area contributed by atoms with E-state index in [1.807, 2.05) is 31.2 Å². The van der Waals surface area contributed by atoms with Crippen molar-refractivity contribution in [3.8, 4) is 17.2 Å². The highest BCUT2D eigenvalue weighted by molar-refractivity contribution is 6.06. The summed E-state index contributed by atoms with van der Waals surface area (Å²) in [6.07, 6.45) is 0. The van der Waals surface area contributed by atoms with E-state index in [1.54, 1.807) is 19.1 Å². The van der Waals surface area contributed by atoms with Crippen LogP contribution in [0.1, 0.15) is 24.1 Å². The summed E-state index contributed by atoms with van der Waals surface area (Å²) in [7, 11) is 4.55. The Kier molecular flexibility index (Phi) is 6.15. The molecule has 1 atom stereocenters. The average Bonchev–Trinajstić information content (AvgIpc) is 2.73. The van der Waals surface area contributed by atoms with Gasteiger partial charge in [-0.3, -0.25) is 4.79 Å². The van der Waals surface area contributed by atoms with Gasteiger partial charge in [0.1, 0.15) is 5.75 Å². The summed E-state index contributed by atoms with van der Waals surface area (Å²) in [4.78, 5) is 25.4. The number of rotatable bonds is 6. The molecule has 2 aromatic rings. The Balaban J connectivity index is 2.05. The van der Waals surface area contributed by atoms with E-state index in [0.29, 0.717) is 39.8 Å². The molecule has 3 N–H and O–H groups in total. The second kappa shape index (κ2) is 8.77. The molecule has 1 aliphatic rings. The molecule has 30 heavy (non-hydrogen) atoms. The first-order valence-electron chi connectivity index (χ1n) is 9.34. The predicted molar refractivity (Wildman–Crippen MR) is 113 cm³/mol. The van der Waals surface area contributed by atoms with Gasteiger partial charge in [-0.25, -0.2) is 4.79 Å². The molecule has 0 aliphatic carbocycles. The molecule has 3 amide bonds. The van der Waals surface area contributed by atoms with Crippen LogP contribution in [0.15, 0.2) is 47.7 Å². The number of carbonyl (C=O) groups is 2. The second-order valence-corrected chi connectivity index (χ2v) is 6.84. The van der Waals surface area contributed by atoms with Gasteiger partial charge >= 0.3 is 6.03 Å². The van der Waals surface area contributed by atoms with Crippen molar-refractivity contribution in [3.63, 3.8) is 0 Å². The molecular formula is C22H25N3O5. The second-order valence-electron chi connectivity index (χ2n) is 6.84. The number of carbonyl (C=O) groups excluding carboxylic acids is 2. The van der Waals surface area contributed by atoms with Gasteiger partial charge in [0.15, 0.2) is 11.5 Å². The lowest BCUT2D eigenvalue weighted by molar-refractivity contribution is -0.113. The van der Waals surface area contributed by atoms with Gasteiger partial charge < -0.3 is 30.2 Å². The maximum absolute atomic E-state index is 13.2. The van der Waals surface area contributed by atoms with Crippen molar-refractivity contribution < 1.29 is 23.8 Å². The van der Waals surface area contributed by atoms with Crippen LogP contribution in [-0.4, -0.2) is 33.3 Å². The maximum Gasteiger partial charge on any atom is 0.319 e. The molecule has 0 bridgehead atoms. The van der Waals surface area contributed by atoms with Gasteiger partial charge in [-0.15, -0.1) is 0 Å². The summed E-state index contributed by atoms with van der Waals surface area (Å²) >= 11 is 0. The summed E-state index contributed by atoms with van der Waals surface area (Å²) < 4.78 is 16.2. The van der Waals surface area contributed by atoms with Crippen LogP contribution in [0.4, 0.5) is 10.5 Å². The molecule has 0 radical (unpaired) electrons. The van der Waals surface area contributed by atoms with Crippen molar-refractivity contribution >= 4 is 17.6 Å². The van der Waals surface area contributed by atoms with Gasteiger partial charge in [0.2, 0.25) is 0 Å². The fourth-order valence-electron chi connectivity index (χ4n) is 3.34. The first-order valence-corrected chi connectivity index (χ1v) is 9.34. The van der Waals surface area contributed by atoms with Crippen LogP contribution in [-0.2, 0) is 4.79 Å². The minimum absolute atomic E-state index is 0.342. The average molecular weight is 411 g/mol. The molecule has 8 nitrogen and oxygen atoms in total. The van der Waals surface area contributed by atoms with Crippen LogP contribution in [0, 0.1) is 6.92 Å². The molecule has 1 aliphatic heterocycles. The largest absolute Gasteiger partial charge is 0.496 e. The van der Waals surface area contributed by atoms with Crippen LogP contribution in [0.3, 0.4) is 0 Å². The zero-order valence-electron chi connectivity index (χ0n) is 17.6. The number of benzene rings is 2. The molecule has 0 fully saturated rings. The first kappa shape index (κ1) is 21.0. The Labute approximate surface area is 175 Å². The smallest absolute Gasteiger partial charge is 0.319 e. The topological polar surface area (TPSA) is 97.9 Å². The van der Waals surface area contributed by atoms with Crippen LogP contribution >= 0.6 is 0 Å². The summed E-state index contributed by atoms with van der Waals surface area (Å²) in [5.74, 6) is 1.04. The zero-order chi connectivity index (χ0) is 21.8. The molecule has 0 saturated carbocycles. The third-order valence-electron chi connectivity index (χ3n) is 4.87. The summed E-state index contributed by atoms with van der Waals surface area (Å²) in [5, 5.41) is 8.36. The van der Waals surface area contributed by atoms with Crippen molar-refractivity contribution in [2.75, 3.05) is 26.6 Å². The lowest BCUT2D eigenvalue weighted by Crippen LogP contribution is -2.46. The fourth-order valence-corrected chi connectivity index (χ4v) is 3.34. The van der Waals surface area contributed by atoms with Crippen LogP contribution < -0.4 is 30.2 Å². The summed E-state index contributed by atoms with van der Waals surface area (Å²) in [5.41, 5.74) is 3.12. The molecule has 0 spiro atoms. The van der Waals surface area contributed by atoms with E-state index >= 15 is 0 Å². The Bertz CT molecular complexity index is 999. The standard InChI is InChI=1S/C22H25N3O5/c1-12-6-8-14(9-7-12)24-21(26)19-13(2)23-22(27)25-20(19)15-10-17(29-4)18(30-5)11-16(15)28-3/h6-11,20H,1-5H3,(H,24,26)(H2,23,25,27)/t20-/m0/s1. The molecular weight excluding hydrogens is 386 g/mol. The summed E-state index contributed by atoms with van der Waals surface area (Å²) in [6, 6.07) is 9.65. The van der Waals surface area contributed by atoms with E-state index in [9.17, 15) is 9.59 Å². The third-order valence-corrected chi connectivity index (χ3v) is 4.87. The van der Waals surface area contributed by atoms with E-state index in [2.05, 4.69) is 16.0 Å². The van der Waals surface area contributed by atoms with Gasteiger partial charge in [-0.05, 0) is 32.0 Å². The number of hydrogen-bond acceptors (Lipinski definition) is 5. The number of aryl methyl sites for hydroxylation is 1. The number of ether oxygens (including phenoxy) is 3. The van der Waals surface area contributed by atoms with E-state index in [0.717, 1.165) is 5.56 Å². The van der Waals surface area contributed by atoms with Gasteiger partial charge in [-0.1, -0.05) is 17.7 Å². The van der Waals surface area contributed by atoms with Crippen LogP contribution in [0.2, 0.25) is 0 Å². The van der Waals surface area contributed by atoms with Crippen LogP contribution in [0.25, 0.3) is 0 Å². The van der Waals surface area contributed by atoms with Gasteiger partial charge in [0, 0.05) is 23.0 Å². The van der Waals surface area contributed by atoms with Crippen molar-refractivity contribution in [2.24, 2.45) is 0 Å². The quantitative estimate of drug-likeness (QED) is 0.678. The highest BCUT2D eigenvalue weighted by atomic mass is 16.5. The van der Waals surface area contributed by atoms with Gasteiger partial charge in [0.05, 0.1) is 32.9 Å². The van der Waals surface area contributed by atoms with Crippen LogP contribution in [0.5, 0.6) is 17.2 Å². The predicted octanol–water partition coefficient (Wildman–Crippen LogP) is 3.29. The molecule has 3 rings (SSSR count). The lowest BCUT2D eigenvalue weighted by Gasteiger charge is -2.30. The number of urea groups is 1. The Morgan fingerprint density at radius 3 is 2.13 bits per heavy atom. The first-order chi connectivity index (χ1) is 14.4.